The van der Waals surface area contributed by atoms with E-state index in [9.17, 15) is 4.79 Å². The number of nitrogens with zero attached hydrogens (tertiary/aromatic N) is 3. The van der Waals surface area contributed by atoms with E-state index in [1.165, 1.54) is 29.8 Å². The molecule has 0 fully saturated rings. The van der Waals surface area contributed by atoms with Crippen molar-refractivity contribution in [3.63, 3.8) is 0 Å². The quantitative estimate of drug-likeness (QED) is 0.845. The highest BCUT2D eigenvalue weighted by Crippen LogP contribution is 2.12. The summed E-state index contributed by atoms with van der Waals surface area (Å²) in [5.41, 5.74) is 4.05. The molecule has 4 heteroatoms. The minimum atomic E-state index is -0.0697. The highest BCUT2D eigenvalue weighted by Gasteiger charge is 2.12. The minimum Gasteiger partial charge on any atom is -0.337 e. The van der Waals surface area contributed by atoms with Crippen LogP contribution in [-0.4, -0.2) is 27.8 Å². The van der Waals surface area contributed by atoms with Crippen molar-refractivity contribution < 1.29 is 4.79 Å². The Morgan fingerprint density at radius 1 is 1.11 bits per heavy atom. The molecule has 0 radical (unpaired) electrons. The largest absolute Gasteiger partial charge is 0.337 e. The van der Waals surface area contributed by atoms with Crippen LogP contribution in [0, 0.1) is 13.8 Å². The molecule has 0 saturated carbocycles. The van der Waals surface area contributed by atoms with Gasteiger partial charge in [0.2, 0.25) is 0 Å². The molecular formula is C15H17N3O. The first kappa shape index (κ1) is 13.2. The van der Waals surface area contributed by atoms with Gasteiger partial charge in [-0.3, -0.25) is 4.79 Å². The van der Waals surface area contributed by atoms with Gasteiger partial charge in [-0.2, -0.15) is 0 Å². The molecule has 0 aliphatic heterocycles. The van der Waals surface area contributed by atoms with Crippen LogP contribution in [0.25, 0.3) is 0 Å². The zero-order chi connectivity index (χ0) is 13.8. The zero-order valence-corrected chi connectivity index (χ0v) is 11.4. The van der Waals surface area contributed by atoms with Gasteiger partial charge in [-0.25, -0.2) is 9.97 Å². The Kier molecular flexibility index (Phi) is 3.90. The van der Waals surface area contributed by atoms with Crippen LogP contribution in [0.4, 0.5) is 0 Å². The monoisotopic (exact) mass is 255 g/mol. The summed E-state index contributed by atoms with van der Waals surface area (Å²) in [5.74, 6) is -0.0697. The standard InChI is InChI=1S/C15H17N3O/c1-11-4-12(2)6-13(5-11)9-18(3)15(19)14-7-16-10-17-8-14/h4-8,10H,9H2,1-3H3. The third-order valence-corrected chi connectivity index (χ3v) is 2.86. The first-order valence-corrected chi connectivity index (χ1v) is 6.14. The van der Waals surface area contributed by atoms with Crippen LogP contribution >= 0.6 is 0 Å². The number of aryl methyl sites for hydroxylation is 2. The average molecular weight is 255 g/mol. The molecule has 0 unspecified atom stereocenters. The van der Waals surface area contributed by atoms with E-state index < -0.39 is 0 Å². The molecule has 0 aliphatic carbocycles. The fourth-order valence-corrected chi connectivity index (χ4v) is 2.14. The number of carbonyl (C=O) groups excluding carboxylic acids is 1. The molecule has 0 atom stereocenters. The van der Waals surface area contributed by atoms with Crippen LogP contribution in [0.5, 0.6) is 0 Å². The highest BCUT2D eigenvalue weighted by molar-refractivity contribution is 5.93. The van der Waals surface area contributed by atoms with Gasteiger partial charge in [0.1, 0.15) is 6.33 Å². The molecule has 1 amide bonds. The topological polar surface area (TPSA) is 46.1 Å². The van der Waals surface area contributed by atoms with Crippen molar-refractivity contribution in [2.75, 3.05) is 7.05 Å². The van der Waals surface area contributed by atoms with E-state index >= 15 is 0 Å². The van der Waals surface area contributed by atoms with E-state index in [1.807, 2.05) is 0 Å². The van der Waals surface area contributed by atoms with Crippen molar-refractivity contribution in [3.05, 3.63) is 59.2 Å². The maximum absolute atomic E-state index is 12.2. The summed E-state index contributed by atoms with van der Waals surface area (Å²) < 4.78 is 0. The van der Waals surface area contributed by atoms with Crippen LogP contribution in [0.3, 0.4) is 0 Å². The lowest BCUT2D eigenvalue weighted by Crippen LogP contribution is -2.26. The van der Waals surface area contributed by atoms with Gasteiger partial charge in [-0.15, -0.1) is 0 Å². The summed E-state index contributed by atoms with van der Waals surface area (Å²) in [6.07, 6.45) is 4.49. The molecule has 4 nitrogen and oxygen atoms in total. The van der Waals surface area contributed by atoms with Crippen molar-refractivity contribution in [1.29, 1.82) is 0 Å². The predicted octanol–water partition coefficient (Wildman–Crippen LogP) is 2.37. The van der Waals surface area contributed by atoms with E-state index in [2.05, 4.69) is 42.0 Å². The summed E-state index contributed by atoms with van der Waals surface area (Å²) in [5, 5.41) is 0. The van der Waals surface area contributed by atoms with E-state index in [0.717, 1.165) is 5.56 Å². The van der Waals surface area contributed by atoms with Crippen molar-refractivity contribution >= 4 is 5.91 Å². The van der Waals surface area contributed by atoms with Crippen LogP contribution in [0.1, 0.15) is 27.0 Å². The lowest BCUT2D eigenvalue weighted by Gasteiger charge is -2.17. The summed E-state index contributed by atoms with van der Waals surface area (Å²) in [6.45, 7) is 4.70. The molecule has 1 aromatic carbocycles. The predicted molar refractivity (Wildman–Crippen MR) is 73.7 cm³/mol. The van der Waals surface area contributed by atoms with Gasteiger partial charge in [0.15, 0.2) is 0 Å². The number of carbonyl (C=O) groups is 1. The van der Waals surface area contributed by atoms with E-state index in [4.69, 9.17) is 0 Å². The van der Waals surface area contributed by atoms with Crippen LogP contribution in [-0.2, 0) is 6.54 Å². The average Bonchev–Trinajstić information content (AvgIpc) is 2.37. The summed E-state index contributed by atoms with van der Waals surface area (Å²) in [7, 11) is 1.78. The molecule has 0 saturated heterocycles. The molecule has 1 aromatic heterocycles. The molecular weight excluding hydrogens is 238 g/mol. The fourth-order valence-electron chi connectivity index (χ4n) is 2.14. The Morgan fingerprint density at radius 2 is 1.68 bits per heavy atom. The van der Waals surface area contributed by atoms with Gasteiger partial charge >= 0.3 is 0 Å². The molecule has 0 aliphatic rings. The molecule has 2 aromatic rings. The number of hydrogen-bond donors (Lipinski definition) is 0. The molecule has 0 N–H and O–H groups in total. The third kappa shape index (κ3) is 3.37. The zero-order valence-electron chi connectivity index (χ0n) is 11.4. The van der Waals surface area contributed by atoms with Gasteiger partial charge in [-0.05, 0) is 19.4 Å². The van der Waals surface area contributed by atoms with Crippen molar-refractivity contribution in [3.8, 4) is 0 Å². The van der Waals surface area contributed by atoms with E-state index in [-0.39, 0.29) is 5.91 Å². The molecule has 2 rings (SSSR count). The van der Waals surface area contributed by atoms with Crippen LogP contribution in [0.15, 0.2) is 36.9 Å². The second-order valence-electron chi connectivity index (χ2n) is 4.78. The first-order valence-electron chi connectivity index (χ1n) is 6.14. The smallest absolute Gasteiger partial charge is 0.257 e. The lowest BCUT2D eigenvalue weighted by atomic mass is 10.1. The van der Waals surface area contributed by atoms with Gasteiger partial charge in [0.25, 0.3) is 5.91 Å². The molecule has 0 spiro atoms. The normalized spacial score (nSPS) is 10.3. The summed E-state index contributed by atoms with van der Waals surface area (Å²) in [4.78, 5) is 21.6. The Labute approximate surface area is 113 Å². The van der Waals surface area contributed by atoms with E-state index in [1.54, 1.807) is 11.9 Å². The number of amides is 1. The first-order chi connectivity index (χ1) is 9.06. The summed E-state index contributed by atoms with van der Waals surface area (Å²) >= 11 is 0. The summed E-state index contributed by atoms with van der Waals surface area (Å²) in [6, 6.07) is 6.31. The maximum Gasteiger partial charge on any atom is 0.257 e. The fraction of sp³-hybridized carbons (Fsp3) is 0.267. The van der Waals surface area contributed by atoms with Gasteiger partial charge in [0, 0.05) is 26.0 Å². The van der Waals surface area contributed by atoms with Crippen LogP contribution < -0.4 is 0 Å². The maximum atomic E-state index is 12.2. The van der Waals surface area contributed by atoms with Crippen molar-refractivity contribution in [2.45, 2.75) is 20.4 Å². The van der Waals surface area contributed by atoms with Crippen molar-refractivity contribution in [2.24, 2.45) is 0 Å². The number of rotatable bonds is 3. The minimum absolute atomic E-state index is 0.0697. The third-order valence-electron chi connectivity index (χ3n) is 2.86. The second kappa shape index (κ2) is 5.61. The SMILES string of the molecule is Cc1cc(C)cc(CN(C)C(=O)c2cncnc2)c1. The molecule has 98 valence electrons. The van der Waals surface area contributed by atoms with Gasteiger partial charge < -0.3 is 4.90 Å². The molecule has 0 bridgehead atoms. The van der Waals surface area contributed by atoms with Crippen molar-refractivity contribution in [1.82, 2.24) is 14.9 Å². The molecule has 19 heavy (non-hydrogen) atoms. The Morgan fingerprint density at radius 3 is 2.26 bits per heavy atom. The Balaban J connectivity index is 2.13. The van der Waals surface area contributed by atoms with Crippen LogP contribution in [0.2, 0.25) is 0 Å². The number of aromatic nitrogens is 2. The van der Waals surface area contributed by atoms with E-state index in [0.29, 0.717) is 12.1 Å². The van der Waals surface area contributed by atoms with Gasteiger partial charge in [-0.1, -0.05) is 29.3 Å². The lowest BCUT2D eigenvalue weighted by molar-refractivity contribution is 0.0784. The molecule has 1 heterocycles. The van der Waals surface area contributed by atoms with Gasteiger partial charge in [0.05, 0.1) is 5.56 Å². The number of benzene rings is 1. The second-order valence-corrected chi connectivity index (χ2v) is 4.78. The number of hydrogen-bond acceptors (Lipinski definition) is 3. The Hall–Kier alpha value is -2.23. The Bertz CT molecular complexity index is 561. The highest BCUT2D eigenvalue weighted by atomic mass is 16.2.